The number of nitrogens with zero attached hydrogens (tertiary/aromatic N) is 1. The molecule has 1 amide bonds. The third-order valence-corrected chi connectivity index (χ3v) is 3.80. The number of carbonyl (C=O) groups excluding carboxylic acids is 1. The zero-order valence-electron chi connectivity index (χ0n) is 12.7. The first kappa shape index (κ1) is 17.3. The summed E-state index contributed by atoms with van der Waals surface area (Å²) in [4.78, 5) is 14.0. The number of halogens is 1. The van der Waals surface area contributed by atoms with Gasteiger partial charge in [-0.25, -0.2) is 0 Å². The lowest BCUT2D eigenvalue weighted by molar-refractivity contribution is -0.124. The fourth-order valence-electron chi connectivity index (χ4n) is 2.13. The molecule has 0 fully saturated rings. The maximum Gasteiger partial charge on any atom is 0.257 e. The van der Waals surface area contributed by atoms with Gasteiger partial charge in [0.15, 0.2) is 6.10 Å². The van der Waals surface area contributed by atoms with E-state index in [2.05, 4.69) is 5.32 Å². The fraction of sp³-hybridized carbons (Fsp3) is 0.235. The molecule has 122 valence electrons. The number of anilines is 2. The van der Waals surface area contributed by atoms with Crippen molar-refractivity contribution in [2.24, 2.45) is 0 Å². The van der Waals surface area contributed by atoms with Crippen LogP contribution in [-0.2, 0) is 4.79 Å². The second kappa shape index (κ2) is 7.97. The Morgan fingerprint density at radius 3 is 2.48 bits per heavy atom. The monoisotopic (exact) mass is 334 g/mol. The molecule has 0 aliphatic carbocycles. The van der Waals surface area contributed by atoms with Gasteiger partial charge in [-0.3, -0.25) is 4.79 Å². The summed E-state index contributed by atoms with van der Waals surface area (Å²) < 4.78 is 0. The molecule has 0 aliphatic rings. The van der Waals surface area contributed by atoms with Gasteiger partial charge in [0.2, 0.25) is 0 Å². The number of rotatable bonds is 6. The number of hydrogen-bond donors (Lipinski definition) is 3. The number of benzene rings is 2. The van der Waals surface area contributed by atoms with Crippen LogP contribution in [0.25, 0.3) is 0 Å². The number of hydrogen-bond acceptors (Lipinski definition) is 4. The maximum absolute atomic E-state index is 12.1. The Kier molecular flexibility index (Phi) is 5.98. The van der Waals surface area contributed by atoms with Crippen molar-refractivity contribution in [2.45, 2.75) is 6.10 Å². The molecule has 0 bridgehead atoms. The van der Waals surface area contributed by atoms with Crippen LogP contribution in [0.15, 0.2) is 48.5 Å². The average Bonchev–Trinajstić information content (AvgIpc) is 2.55. The van der Waals surface area contributed by atoms with E-state index in [0.29, 0.717) is 22.8 Å². The number of aliphatic hydroxyl groups is 2. The molecule has 0 aliphatic heterocycles. The van der Waals surface area contributed by atoms with Gasteiger partial charge in [-0.05, 0) is 30.3 Å². The zero-order valence-corrected chi connectivity index (χ0v) is 13.5. The molecule has 1 atom stereocenters. The van der Waals surface area contributed by atoms with E-state index >= 15 is 0 Å². The molecule has 2 aromatic rings. The first-order valence-electron chi connectivity index (χ1n) is 7.18. The number of carbonyl (C=O) groups is 1. The van der Waals surface area contributed by atoms with E-state index < -0.39 is 12.0 Å². The van der Waals surface area contributed by atoms with Crippen molar-refractivity contribution in [3.63, 3.8) is 0 Å². The van der Waals surface area contributed by atoms with Crippen LogP contribution in [0.3, 0.4) is 0 Å². The molecule has 5 nitrogen and oxygen atoms in total. The molecule has 6 heteroatoms. The lowest BCUT2D eigenvalue weighted by atomic mass is 10.1. The Bertz CT molecular complexity index is 661. The summed E-state index contributed by atoms with van der Waals surface area (Å²) >= 11 is 5.99. The van der Waals surface area contributed by atoms with E-state index in [4.69, 9.17) is 16.7 Å². The van der Waals surface area contributed by atoms with Gasteiger partial charge in [-0.15, -0.1) is 0 Å². The highest BCUT2D eigenvalue weighted by Crippen LogP contribution is 2.24. The molecule has 0 radical (unpaired) electrons. The van der Waals surface area contributed by atoms with Gasteiger partial charge < -0.3 is 20.4 Å². The summed E-state index contributed by atoms with van der Waals surface area (Å²) in [6.07, 6.45) is -1.33. The molecule has 0 heterocycles. The van der Waals surface area contributed by atoms with Crippen LogP contribution >= 0.6 is 11.6 Å². The van der Waals surface area contributed by atoms with E-state index in [0.717, 1.165) is 5.69 Å². The standard InChI is InChI=1S/C17H19ClN2O3/c1-20(10-11-21)13-8-6-12(7-9-13)19-17(23)16(22)14-4-2-3-5-15(14)18/h2-9,16,21-22H,10-11H2,1H3,(H,19,23)/t16-/m1/s1. The van der Waals surface area contributed by atoms with Crippen molar-refractivity contribution in [1.82, 2.24) is 0 Å². The van der Waals surface area contributed by atoms with E-state index in [1.807, 2.05) is 24.1 Å². The Morgan fingerprint density at radius 1 is 1.22 bits per heavy atom. The number of nitrogens with one attached hydrogen (secondary N) is 1. The topological polar surface area (TPSA) is 72.8 Å². The molecular formula is C17H19ClN2O3. The molecular weight excluding hydrogens is 316 g/mol. The van der Waals surface area contributed by atoms with E-state index in [9.17, 15) is 9.90 Å². The summed E-state index contributed by atoms with van der Waals surface area (Å²) in [6, 6.07) is 13.8. The highest BCUT2D eigenvalue weighted by Gasteiger charge is 2.19. The predicted molar refractivity (Wildman–Crippen MR) is 91.8 cm³/mol. The molecule has 2 aromatic carbocycles. The van der Waals surface area contributed by atoms with Crippen molar-refractivity contribution < 1.29 is 15.0 Å². The zero-order chi connectivity index (χ0) is 16.8. The third kappa shape index (κ3) is 4.45. The lowest BCUT2D eigenvalue weighted by Crippen LogP contribution is -2.22. The summed E-state index contributed by atoms with van der Waals surface area (Å²) in [5, 5.41) is 22.0. The Morgan fingerprint density at radius 2 is 1.87 bits per heavy atom. The van der Waals surface area contributed by atoms with Crippen LogP contribution in [0, 0.1) is 0 Å². The Labute approximate surface area is 140 Å². The van der Waals surface area contributed by atoms with Crippen LogP contribution in [-0.4, -0.2) is 36.3 Å². The molecule has 0 aromatic heterocycles. The van der Waals surface area contributed by atoms with Crippen molar-refractivity contribution in [1.29, 1.82) is 0 Å². The molecule has 0 saturated heterocycles. The van der Waals surface area contributed by atoms with Crippen molar-refractivity contribution >= 4 is 28.9 Å². The molecule has 3 N–H and O–H groups in total. The second-order valence-corrected chi connectivity index (χ2v) is 5.51. The minimum atomic E-state index is -1.33. The molecule has 0 saturated carbocycles. The first-order chi connectivity index (χ1) is 11.0. The van der Waals surface area contributed by atoms with Crippen LogP contribution in [0.1, 0.15) is 11.7 Å². The number of aliphatic hydroxyl groups excluding tert-OH is 2. The quantitative estimate of drug-likeness (QED) is 0.758. The van der Waals surface area contributed by atoms with Gasteiger partial charge in [-0.1, -0.05) is 29.8 Å². The average molecular weight is 335 g/mol. The summed E-state index contributed by atoms with van der Waals surface area (Å²) in [7, 11) is 1.87. The number of likely N-dealkylation sites (N-methyl/N-ethyl adjacent to an activating group) is 1. The third-order valence-electron chi connectivity index (χ3n) is 3.46. The number of amides is 1. The SMILES string of the molecule is CN(CCO)c1ccc(NC(=O)[C@H](O)c2ccccc2Cl)cc1. The largest absolute Gasteiger partial charge is 0.395 e. The fourth-order valence-corrected chi connectivity index (χ4v) is 2.37. The van der Waals surface area contributed by atoms with Crippen LogP contribution < -0.4 is 10.2 Å². The van der Waals surface area contributed by atoms with Crippen molar-refractivity contribution in [2.75, 3.05) is 30.4 Å². The Hall–Kier alpha value is -2.08. The highest BCUT2D eigenvalue weighted by molar-refractivity contribution is 6.31. The van der Waals surface area contributed by atoms with Crippen LogP contribution in [0.5, 0.6) is 0 Å². The van der Waals surface area contributed by atoms with Gasteiger partial charge in [0, 0.05) is 35.6 Å². The van der Waals surface area contributed by atoms with Gasteiger partial charge >= 0.3 is 0 Å². The second-order valence-electron chi connectivity index (χ2n) is 5.11. The van der Waals surface area contributed by atoms with Gasteiger partial charge in [0.05, 0.1) is 6.61 Å². The van der Waals surface area contributed by atoms with Crippen molar-refractivity contribution in [3.05, 3.63) is 59.1 Å². The van der Waals surface area contributed by atoms with Crippen LogP contribution in [0.4, 0.5) is 11.4 Å². The maximum atomic E-state index is 12.1. The normalized spacial score (nSPS) is 11.8. The summed E-state index contributed by atoms with van der Waals surface area (Å²) in [5.41, 5.74) is 1.86. The van der Waals surface area contributed by atoms with Gasteiger partial charge in [0.1, 0.15) is 0 Å². The molecule has 2 rings (SSSR count). The highest BCUT2D eigenvalue weighted by atomic mass is 35.5. The van der Waals surface area contributed by atoms with E-state index in [1.54, 1.807) is 36.4 Å². The Balaban J connectivity index is 2.04. The van der Waals surface area contributed by atoms with Crippen LogP contribution in [0.2, 0.25) is 5.02 Å². The summed E-state index contributed by atoms with van der Waals surface area (Å²) in [6.45, 7) is 0.593. The van der Waals surface area contributed by atoms with E-state index in [1.165, 1.54) is 0 Å². The van der Waals surface area contributed by atoms with Gasteiger partial charge in [0.25, 0.3) is 5.91 Å². The van der Waals surface area contributed by atoms with Crippen molar-refractivity contribution in [3.8, 4) is 0 Å². The van der Waals surface area contributed by atoms with E-state index in [-0.39, 0.29) is 6.61 Å². The lowest BCUT2D eigenvalue weighted by Gasteiger charge is -2.18. The smallest absolute Gasteiger partial charge is 0.257 e. The molecule has 23 heavy (non-hydrogen) atoms. The molecule has 0 unspecified atom stereocenters. The van der Waals surface area contributed by atoms with Gasteiger partial charge in [-0.2, -0.15) is 0 Å². The predicted octanol–water partition coefficient (Wildman–Crippen LogP) is 2.44. The first-order valence-corrected chi connectivity index (χ1v) is 7.56. The minimum absolute atomic E-state index is 0.0685. The minimum Gasteiger partial charge on any atom is -0.395 e. The summed E-state index contributed by atoms with van der Waals surface area (Å²) in [5.74, 6) is -0.547. The molecule has 0 spiro atoms.